The lowest BCUT2D eigenvalue weighted by atomic mass is 10.1. The van der Waals surface area contributed by atoms with E-state index in [-0.39, 0.29) is 0 Å². The van der Waals surface area contributed by atoms with Crippen LogP contribution >= 0.6 is 27.3 Å². The van der Waals surface area contributed by atoms with Crippen molar-refractivity contribution in [2.24, 2.45) is 0 Å². The molecule has 0 bridgehead atoms. The third-order valence-electron chi connectivity index (χ3n) is 3.66. The summed E-state index contributed by atoms with van der Waals surface area (Å²) in [6, 6.07) is 6.50. The van der Waals surface area contributed by atoms with E-state index in [9.17, 15) is 0 Å². The fraction of sp³-hybridized carbons (Fsp3) is 0.529. The van der Waals surface area contributed by atoms with Gasteiger partial charge in [0.05, 0.1) is 6.61 Å². The maximum absolute atomic E-state index is 5.01. The maximum Gasteiger partial charge on any atom is 0.0587 e. The third-order valence-corrected chi connectivity index (χ3v) is 5.67. The molecular formula is C17H24BrNOS. The quantitative estimate of drug-likeness (QED) is 0.594. The monoisotopic (exact) mass is 369 g/mol. The predicted octanol–water partition coefficient (Wildman–Crippen LogP) is 5.00. The molecule has 4 heteroatoms. The van der Waals surface area contributed by atoms with E-state index >= 15 is 0 Å². The van der Waals surface area contributed by atoms with Crippen molar-refractivity contribution in [3.63, 3.8) is 0 Å². The van der Waals surface area contributed by atoms with Gasteiger partial charge in [0.25, 0.3) is 0 Å². The molecule has 0 atom stereocenters. The topological polar surface area (TPSA) is 21.3 Å². The molecule has 1 aromatic heterocycles. The molecule has 2 nitrogen and oxygen atoms in total. The van der Waals surface area contributed by atoms with Crippen molar-refractivity contribution in [1.29, 1.82) is 0 Å². The Morgan fingerprint density at radius 2 is 2.00 bits per heavy atom. The first-order chi connectivity index (χ1) is 10.3. The summed E-state index contributed by atoms with van der Waals surface area (Å²) >= 11 is 5.48. The van der Waals surface area contributed by atoms with Crippen LogP contribution in [0.3, 0.4) is 0 Å². The van der Waals surface area contributed by atoms with Crippen molar-refractivity contribution in [2.75, 3.05) is 26.8 Å². The van der Waals surface area contributed by atoms with Crippen molar-refractivity contribution >= 4 is 37.4 Å². The zero-order valence-electron chi connectivity index (χ0n) is 12.7. The lowest BCUT2D eigenvalue weighted by Gasteiger charge is -2.04. The summed E-state index contributed by atoms with van der Waals surface area (Å²) < 4.78 is 7.61. The van der Waals surface area contributed by atoms with Crippen molar-refractivity contribution in [3.8, 4) is 0 Å². The van der Waals surface area contributed by atoms with Crippen LogP contribution in [0.25, 0.3) is 10.1 Å². The second-order valence-corrected chi connectivity index (χ2v) is 7.02. The standard InChI is InChI=1S/C17H24BrNOS/c1-20-12-11-19-10-5-3-2-4-7-14-13-21-17-15(14)8-6-9-16(17)18/h6,8-9,13,19H,2-5,7,10-12H2,1H3. The Morgan fingerprint density at radius 1 is 1.14 bits per heavy atom. The van der Waals surface area contributed by atoms with Gasteiger partial charge in [-0.15, -0.1) is 11.3 Å². The van der Waals surface area contributed by atoms with E-state index in [0.717, 1.165) is 19.7 Å². The van der Waals surface area contributed by atoms with Crippen LogP contribution in [0, 0.1) is 0 Å². The number of halogens is 1. The molecule has 2 rings (SSSR count). The van der Waals surface area contributed by atoms with E-state index in [2.05, 4.69) is 44.8 Å². The Hall–Kier alpha value is -0.420. The summed E-state index contributed by atoms with van der Waals surface area (Å²) in [5, 5.41) is 7.14. The maximum atomic E-state index is 5.01. The zero-order valence-corrected chi connectivity index (χ0v) is 15.1. The first-order valence-electron chi connectivity index (χ1n) is 7.67. The smallest absolute Gasteiger partial charge is 0.0587 e. The van der Waals surface area contributed by atoms with E-state index in [4.69, 9.17) is 4.74 Å². The number of methoxy groups -OCH3 is 1. The molecule has 0 aliphatic heterocycles. The van der Waals surface area contributed by atoms with Gasteiger partial charge in [-0.1, -0.05) is 25.0 Å². The molecule has 0 aliphatic rings. The van der Waals surface area contributed by atoms with Crippen LogP contribution in [0.1, 0.15) is 31.2 Å². The van der Waals surface area contributed by atoms with Gasteiger partial charge >= 0.3 is 0 Å². The molecule has 0 fully saturated rings. The fourth-order valence-corrected chi connectivity index (χ4v) is 4.15. The second-order valence-electron chi connectivity index (χ2n) is 5.28. The van der Waals surface area contributed by atoms with E-state index in [0.29, 0.717) is 0 Å². The summed E-state index contributed by atoms with van der Waals surface area (Å²) in [5.41, 5.74) is 1.51. The molecule has 2 aromatic rings. The SMILES string of the molecule is COCCNCCCCCCc1csc2c(Br)cccc12. The number of hydrogen-bond acceptors (Lipinski definition) is 3. The average Bonchev–Trinajstić information content (AvgIpc) is 2.90. The highest BCUT2D eigenvalue weighted by molar-refractivity contribution is 9.10. The number of rotatable bonds is 10. The number of unbranched alkanes of at least 4 members (excludes halogenated alkanes) is 3. The number of fused-ring (bicyclic) bond motifs is 1. The fourth-order valence-electron chi connectivity index (χ4n) is 2.49. The van der Waals surface area contributed by atoms with Crippen LogP contribution in [0.2, 0.25) is 0 Å². The first kappa shape index (κ1) is 16.9. The average molecular weight is 370 g/mol. The zero-order chi connectivity index (χ0) is 14.9. The Balaban J connectivity index is 1.63. The molecule has 0 saturated carbocycles. The summed E-state index contributed by atoms with van der Waals surface area (Å²) in [6.07, 6.45) is 6.38. The van der Waals surface area contributed by atoms with Gasteiger partial charge in [-0.25, -0.2) is 0 Å². The normalized spacial score (nSPS) is 11.3. The van der Waals surface area contributed by atoms with Gasteiger partial charge in [0.1, 0.15) is 0 Å². The highest BCUT2D eigenvalue weighted by atomic mass is 79.9. The Bertz CT molecular complexity index is 541. The summed E-state index contributed by atoms with van der Waals surface area (Å²) in [6.45, 7) is 2.88. The van der Waals surface area contributed by atoms with Gasteiger partial charge in [0.2, 0.25) is 0 Å². The van der Waals surface area contributed by atoms with Crippen molar-refractivity contribution in [1.82, 2.24) is 5.32 Å². The molecule has 0 radical (unpaired) electrons. The molecule has 21 heavy (non-hydrogen) atoms. The van der Waals surface area contributed by atoms with Crippen molar-refractivity contribution in [2.45, 2.75) is 32.1 Å². The first-order valence-corrected chi connectivity index (χ1v) is 9.34. The molecule has 0 saturated heterocycles. The molecule has 1 heterocycles. The molecule has 1 aromatic carbocycles. The minimum absolute atomic E-state index is 0.806. The van der Waals surface area contributed by atoms with E-state index in [1.165, 1.54) is 52.2 Å². The van der Waals surface area contributed by atoms with Gasteiger partial charge in [0, 0.05) is 22.8 Å². The lowest BCUT2D eigenvalue weighted by Crippen LogP contribution is -2.20. The Morgan fingerprint density at radius 3 is 2.86 bits per heavy atom. The van der Waals surface area contributed by atoms with Crippen LogP contribution < -0.4 is 5.32 Å². The Labute approximate surface area is 140 Å². The van der Waals surface area contributed by atoms with Gasteiger partial charge in [-0.05, 0) is 64.1 Å². The van der Waals surface area contributed by atoms with Crippen LogP contribution in [-0.2, 0) is 11.2 Å². The van der Waals surface area contributed by atoms with Crippen molar-refractivity contribution in [3.05, 3.63) is 33.6 Å². The van der Waals surface area contributed by atoms with Gasteiger partial charge in [-0.2, -0.15) is 0 Å². The van der Waals surface area contributed by atoms with Crippen LogP contribution in [0.4, 0.5) is 0 Å². The Kier molecular flexibility index (Phi) is 7.72. The van der Waals surface area contributed by atoms with Gasteiger partial charge in [0.15, 0.2) is 0 Å². The van der Waals surface area contributed by atoms with Gasteiger partial charge in [-0.3, -0.25) is 0 Å². The number of hydrogen-bond donors (Lipinski definition) is 1. The van der Waals surface area contributed by atoms with Crippen molar-refractivity contribution < 1.29 is 4.74 Å². The number of nitrogens with one attached hydrogen (secondary N) is 1. The van der Waals surface area contributed by atoms with Crippen LogP contribution in [0.5, 0.6) is 0 Å². The lowest BCUT2D eigenvalue weighted by molar-refractivity contribution is 0.199. The highest BCUT2D eigenvalue weighted by Crippen LogP contribution is 2.32. The van der Waals surface area contributed by atoms with E-state index in [1.54, 1.807) is 7.11 Å². The van der Waals surface area contributed by atoms with Crippen LogP contribution in [-0.4, -0.2) is 26.8 Å². The van der Waals surface area contributed by atoms with Crippen LogP contribution in [0.15, 0.2) is 28.1 Å². The number of aryl methyl sites for hydroxylation is 1. The minimum Gasteiger partial charge on any atom is -0.383 e. The molecule has 116 valence electrons. The number of thiophene rings is 1. The minimum atomic E-state index is 0.806. The third kappa shape index (κ3) is 5.37. The summed E-state index contributed by atoms with van der Waals surface area (Å²) in [4.78, 5) is 0. The largest absolute Gasteiger partial charge is 0.383 e. The highest BCUT2D eigenvalue weighted by Gasteiger charge is 2.05. The van der Waals surface area contributed by atoms with E-state index in [1.807, 2.05) is 11.3 Å². The predicted molar refractivity (Wildman–Crippen MR) is 96.4 cm³/mol. The molecule has 0 amide bonds. The number of ether oxygens (including phenoxy) is 1. The molecule has 0 spiro atoms. The van der Waals surface area contributed by atoms with E-state index < -0.39 is 0 Å². The summed E-state index contributed by atoms with van der Waals surface area (Å²) in [7, 11) is 1.74. The molecular weight excluding hydrogens is 346 g/mol. The molecule has 0 unspecified atom stereocenters. The summed E-state index contributed by atoms with van der Waals surface area (Å²) in [5.74, 6) is 0. The number of benzene rings is 1. The van der Waals surface area contributed by atoms with Gasteiger partial charge < -0.3 is 10.1 Å². The molecule has 0 aliphatic carbocycles. The second kappa shape index (κ2) is 9.57. The molecule has 1 N–H and O–H groups in total.